The van der Waals surface area contributed by atoms with Crippen LogP contribution < -0.4 is 10.6 Å². The van der Waals surface area contributed by atoms with Crippen LogP contribution in [0.25, 0.3) is 10.9 Å². The molecule has 2 heterocycles. The highest BCUT2D eigenvalue weighted by Crippen LogP contribution is 2.38. The predicted octanol–water partition coefficient (Wildman–Crippen LogP) is 4.39. The molecule has 0 bridgehead atoms. The van der Waals surface area contributed by atoms with Crippen LogP contribution in [0.1, 0.15) is 33.6 Å². The zero-order chi connectivity index (χ0) is 19.1. The van der Waals surface area contributed by atoms with Crippen LogP contribution in [0.5, 0.6) is 0 Å². The SMILES string of the molecule is Cn1ncc2cc(N3CCC(CO[Si](C)(C)C(C)(C)C)CC3)c(N)cc21. The van der Waals surface area contributed by atoms with E-state index in [-0.39, 0.29) is 5.04 Å². The Morgan fingerprint density at radius 3 is 2.50 bits per heavy atom. The number of fused-ring (bicyclic) bond motifs is 1. The lowest BCUT2D eigenvalue weighted by atomic mass is 9.97. The standard InChI is InChI=1S/C20H34N4OSi/c1-20(2,3)26(5,6)25-14-15-7-9-24(10-8-15)19-11-16-13-22-23(4)18(16)12-17(19)21/h11-13,15H,7-10,14,21H2,1-6H3. The number of hydrogen-bond acceptors (Lipinski definition) is 4. The van der Waals surface area contributed by atoms with Crippen molar-refractivity contribution in [3.63, 3.8) is 0 Å². The Hall–Kier alpha value is -1.53. The first-order valence-corrected chi connectivity index (χ1v) is 12.6. The van der Waals surface area contributed by atoms with Gasteiger partial charge >= 0.3 is 0 Å². The predicted molar refractivity (Wildman–Crippen MR) is 113 cm³/mol. The fraction of sp³-hybridized carbons (Fsp3) is 0.650. The summed E-state index contributed by atoms with van der Waals surface area (Å²) in [6, 6.07) is 4.23. The third kappa shape index (κ3) is 3.76. The van der Waals surface area contributed by atoms with E-state index in [1.54, 1.807) is 0 Å². The Bertz CT molecular complexity index is 770. The normalized spacial score (nSPS) is 17.2. The molecule has 0 amide bonds. The molecule has 1 fully saturated rings. The smallest absolute Gasteiger partial charge is 0.191 e. The molecule has 1 aromatic heterocycles. The maximum absolute atomic E-state index is 6.44. The second-order valence-electron chi connectivity index (χ2n) is 9.24. The molecule has 1 aliphatic rings. The third-order valence-electron chi connectivity index (χ3n) is 6.34. The van der Waals surface area contributed by atoms with Crippen molar-refractivity contribution in [2.75, 3.05) is 30.3 Å². The summed E-state index contributed by atoms with van der Waals surface area (Å²) >= 11 is 0. The van der Waals surface area contributed by atoms with Crippen LogP contribution in [0.3, 0.4) is 0 Å². The van der Waals surface area contributed by atoms with Crippen LogP contribution in [-0.4, -0.2) is 37.8 Å². The first kappa shape index (κ1) is 19.2. The fourth-order valence-corrected chi connectivity index (χ4v) is 4.45. The van der Waals surface area contributed by atoms with E-state index in [9.17, 15) is 0 Å². The Morgan fingerprint density at radius 1 is 1.23 bits per heavy atom. The van der Waals surface area contributed by atoms with Crippen molar-refractivity contribution in [1.29, 1.82) is 0 Å². The molecule has 0 atom stereocenters. The molecular formula is C20H34N4OSi. The molecule has 1 aromatic carbocycles. The summed E-state index contributed by atoms with van der Waals surface area (Å²) in [5.74, 6) is 0.656. The van der Waals surface area contributed by atoms with Crippen LogP contribution >= 0.6 is 0 Å². The van der Waals surface area contributed by atoms with Crippen LogP contribution in [0, 0.1) is 5.92 Å². The van der Waals surface area contributed by atoms with Gasteiger partial charge in [-0.3, -0.25) is 4.68 Å². The highest BCUT2D eigenvalue weighted by Gasteiger charge is 2.37. The van der Waals surface area contributed by atoms with Gasteiger partial charge in [-0.25, -0.2) is 0 Å². The van der Waals surface area contributed by atoms with Crippen molar-refractivity contribution in [2.45, 2.75) is 51.7 Å². The van der Waals surface area contributed by atoms with Gasteiger partial charge in [0.2, 0.25) is 0 Å². The number of anilines is 2. The van der Waals surface area contributed by atoms with Crippen molar-refractivity contribution in [2.24, 2.45) is 13.0 Å². The van der Waals surface area contributed by atoms with Gasteiger partial charge in [-0.1, -0.05) is 20.8 Å². The summed E-state index contributed by atoms with van der Waals surface area (Å²) in [6.45, 7) is 14.6. The molecule has 3 rings (SSSR count). The van der Waals surface area contributed by atoms with Crippen LogP contribution in [0.4, 0.5) is 11.4 Å². The van der Waals surface area contributed by atoms with E-state index in [0.717, 1.165) is 42.0 Å². The summed E-state index contributed by atoms with van der Waals surface area (Å²) in [6.07, 6.45) is 4.25. The second-order valence-corrected chi connectivity index (χ2v) is 14.0. The zero-order valence-electron chi connectivity index (χ0n) is 17.2. The van der Waals surface area contributed by atoms with Crippen molar-refractivity contribution in [3.8, 4) is 0 Å². The van der Waals surface area contributed by atoms with E-state index in [2.05, 4.69) is 49.9 Å². The number of benzene rings is 1. The van der Waals surface area contributed by atoms with Gasteiger partial charge in [0.05, 0.1) is 23.1 Å². The first-order valence-electron chi connectivity index (χ1n) is 9.68. The third-order valence-corrected chi connectivity index (χ3v) is 10.8. The van der Waals surface area contributed by atoms with Crippen molar-refractivity contribution < 1.29 is 4.43 Å². The minimum absolute atomic E-state index is 0.279. The van der Waals surface area contributed by atoms with Crippen LogP contribution in [0.15, 0.2) is 18.3 Å². The number of aromatic nitrogens is 2. The maximum Gasteiger partial charge on any atom is 0.191 e. The van der Waals surface area contributed by atoms with Gasteiger partial charge in [0.15, 0.2) is 8.32 Å². The molecule has 0 radical (unpaired) electrons. The van der Waals surface area contributed by atoms with Gasteiger partial charge in [-0.2, -0.15) is 5.10 Å². The van der Waals surface area contributed by atoms with E-state index in [1.165, 1.54) is 12.8 Å². The average Bonchev–Trinajstić information content (AvgIpc) is 2.92. The van der Waals surface area contributed by atoms with Crippen molar-refractivity contribution >= 4 is 30.6 Å². The highest BCUT2D eigenvalue weighted by molar-refractivity contribution is 6.74. The lowest BCUT2D eigenvalue weighted by molar-refractivity contribution is 0.205. The summed E-state index contributed by atoms with van der Waals surface area (Å²) in [4.78, 5) is 2.42. The molecule has 6 heteroatoms. The van der Waals surface area contributed by atoms with Crippen LogP contribution in [0.2, 0.25) is 18.1 Å². The quantitative estimate of drug-likeness (QED) is 0.637. The Morgan fingerprint density at radius 2 is 1.88 bits per heavy atom. The molecule has 0 unspecified atom stereocenters. The molecule has 5 nitrogen and oxygen atoms in total. The number of hydrogen-bond donors (Lipinski definition) is 1. The van der Waals surface area contributed by atoms with Crippen LogP contribution in [-0.2, 0) is 11.5 Å². The minimum atomic E-state index is -1.65. The summed E-state index contributed by atoms with van der Waals surface area (Å²) in [5.41, 5.74) is 9.42. The lowest BCUT2D eigenvalue weighted by Crippen LogP contribution is -2.43. The van der Waals surface area contributed by atoms with Gasteiger partial charge in [0.1, 0.15) is 0 Å². The van der Waals surface area contributed by atoms with Crippen molar-refractivity contribution in [3.05, 3.63) is 18.3 Å². The molecule has 0 spiro atoms. The Labute approximate surface area is 158 Å². The zero-order valence-corrected chi connectivity index (χ0v) is 18.2. The maximum atomic E-state index is 6.44. The number of nitrogen functional groups attached to an aromatic ring is 1. The largest absolute Gasteiger partial charge is 0.417 e. The molecule has 2 N–H and O–H groups in total. The van der Waals surface area contributed by atoms with Gasteiger partial charge in [-0.05, 0) is 49.0 Å². The van der Waals surface area contributed by atoms with Gasteiger partial charge in [0.25, 0.3) is 0 Å². The molecule has 0 saturated carbocycles. The summed E-state index contributed by atoms with van der Waals surface area (Å²) in [7, 11) is 0.304. The number of nitrogens with two attached hydrogens (primary N) is 1. The number of piperidine rings is 1. The summed E-state index contributed by atoms with van der Waals surface area (Å²) < 4.78 is 8.32. The molecule has 26 heavy (non-hydrogen) atoms. The van der Waals surface area contributed by atoms with E-state index >= 15 is 0 Å². The number of aryl methyl sites for hydroxylation is 1. The average molecular weight is 375 g/mol. The van der Waals surface area contributed by atoms with E-state index in [4.69, 9.17) is 10.2 Å². The number of nitrogens with zero attached hydrogens (tertiary/aromatic N) is 3. The van der Waals surface area contributed by atoms with Gasteiger partial charge in [0, 0.05) is 32.1 Å². The molecule has 2 aromatic rings. The van der Waals surface area contributed by atoms with E-state index < -0.39 is 8.32 Å². The van der Waals surface area contributed by atoms with Gasteiger partial charge in [-0.15, -0.1) is 0 Å². The molecular weight excluding hydrogens is 340 g/mol. The first-order chi connectivity index (χ1) is 12.1. The van der Waals surface area contributed by atoms with Gasteiger partial charge < -0.3 is 15.1 Å². The molecule has 144 valence electrons. The second kappa shape index (κ2) is 6.89. The Balaban J connectivity index is 1.61. The topological polar surface area (TPSA) is 56.3 Å². The molecule has 0 aliphatic carbocycles. The minimum Gasteiger partial charge on any atom is -0.417 e. The molecule has 1 aliphatic heterocycles. The number of rotatable bonds is 4. The molecule has 1 saturated heterocycles. The van der Waals surface area contributed by atoms with E-state index in [1.807, 2.05) is 24.0 Å². The van der Waals surface area contributed by atoms with E-state index in [0.29, 0.717) is 5.92 Å². The Kier molecular flexibility index (Phi) is 5.10. The lowest BCUT2D eigenvalue weighted by Gasteiger charge is -2.39. The fourth-order valence-electron chi connectivity index (χ4n) is 3.36. The highest BCUT2D eigenvalue weighted by atomic mass is 28.4. The van der Waals surface area contributed by atoms with Crippen molar-refractivity contribution in [1.82, 2.24) is 9.78 Å². The summed E-state index contributed by atoms with van der Waals surface area (Å²) in [5, 5.41) is 5.76. The monoisotopic (exact) mass is 374 g/mol.